The predicted octanol–water partition coefficient (Wildman–Crippen LogP) is 10.7. The van der Waals surface area contributed by atoms with Crippen molar-refractivity contribution in [2.45, 2.75) is 118 Å². The number of hydrogen-bond acceptors (Lipinski definition) is 2. The molecule has 6 rings (SSSR count). The molecule has 4 aliphatic rings. The van der Waals surface area contributed by atoms with E-state index in [9.17, 15) is 4.79 Å². The summed E-state index contributed by atoms with van der Waals surface area (Å²) in [5.41, 5.74) is 3.33. The van der Waals surface area contributed by atoms with Crippen molar-refractivity contribution in [1.82, 2.24) is 0 Å². The van der Waals surface area contributed by atoms with E-state index in [2.05, 4.69) is 83.1 Å². The maximum absolute atomic E-state index is 13.5. The molecule has 0 amide bonds. The zero-order valence-electron chi connectivity index (χ0n) is 27.8. The highest BCUT2D eigenvalue weighted by Crippen LogP contribution is 2.68. The molecule has 0 radical (unpaired) electrons. The second kappa shape index (κ2) is 12.7. The van der Waals surface area contributed by atoms with Gasteiger partial charge in [-0.2, -0.15) is 0 Å². The average Bonchev–Trinajstić information content (AvgIpc) is 3.36. The summed E-state index contributed by atoms with van der Waals surface area (Å²) >= 11 is 0. The lowest BCUT2D eigenvalue weighted by Crippen LogP contribution is -2.56. The van der Waals surface area contributed by atoms with Gasteiger partial charge in [-0.1, -0.05) is 96.3 Å². The molecule has 9 atom stereocenters. The van der Waals surface area contributed by atoms with Gasteiger partial charge in [-0.25, -0.2) is 0 Å². The minimum absolute atomic E-state index is 0.182. The van der Waals surface area contributed by atoms with Crippen LogP contribution in [0.4, 0.5) is 0 Å². The highest BCUT2D eigenvalue weighted by Gasteiger charge is 2.61. The van der Waals surface area contributed by atoms with Gasteiger partial charge in [-0.05, 0) is 127 Å². The molecular formula is C41H58O2. The van der Waals surface area contributed by atoms with Crippen LogP contribution in [0.5, 0.6) is 5.75 Å². The van der Waals surface area contributed by atoms with E-state index in [0.717, 1.165) is 60.5 Å². The second-order valence-electron chi connectivity index (χ2n) is 16.3. The number of carbonyl (C=O) groups excluding carboxylic acids is 1. The number of hydrogen-bond donors (Lipinski definition) is 0. The number of ketones is 1. The Kier molecular flexibility index (Phi) is 9.15. The van der Waals surface area contributed by atoms with Crippen molar-refractivity contribution in [3.63, 3.8) is 0 Å². The van der Waals surface area contributed by atoms with Crippen LogP contribution in [0.15, 0.2) is 54.6 Å². The number of rotatable bonds is 10. The fraction of sp³-hybridized carbons (Fsp3) is 0.683. The van der Waals surface area contributed by atoms with Crippen molar-refractivity contribution in [2.24, 2.45) is 58.2 Å². The molecule has 4 fully saturated rings. The van der Waals surface area contributed by atoms with Gasteiger partial charge in [0.15, 0.2) is 0 Å². The van der Waals surface area contributed by atoms with Crippen molar-refractivity contribution in [2.75, 3.05) is 0 Å². The van der Waals surface area contributed by atoms with E-state index in [4.69, 9.17) is 4.74 Å². The number of ether oxygens (including phenoxy) is 1. The molecular weight excluding hydrogens is 524 g/mol. The summed E-state index contributed by atoms with van der Waals surface area (Å²) in [4.78, 5) is 13.5. The molecule has 0 saturated heterocycles. The maximum atomic E-state index is 13.5. The molecule has 0 heterocycles. The highest BCUT2D eigenvalue weighted by atomic mass is 16.5. The van der Waals surface area contributed by atoms with E-state index >= 15 is 0 Å². The molecule has 2 aromatic rings. The molecule has 2 aromatic carbocycles. The van der Waals surface area contributed by atoms with Crippen LogP contribution < -0.4 is 4.74 Å². The standard InChI is InChI=1S/C41H58O2/c1-28(2)10-9-11-29(3)35-20-21-36-33-18-19-37-34(39(42)23-25-41(37,5)38(33)22-24-40(35,36)4)26-30-14-16-32(17-15-30)43-27-31-12-7-6-8-13-31/h6-8,12-17,28-29,33-38H,9-11,18-27H2,1-5H3/t29-,33+,34?,35-,36+,37?,38+,40-,41+/m1/s1. The van der Waals surface area contributed by atoms with E-state index in [1.807, 2.05) is 6.07 Å². The van der Waals surface area contributed by atoms with Gasteiger partial charge in [0, 0.05) is 12.3 Å². The monoisotopic (exact) mass is 582 g/mol. The Morgan fingerprint density at radius 3 is 2.23 bits per heavy atom. The minimum atomic E-state index is 0.182. The Bertz CT molecular complexity index is 1220. The van der Waals surface area contributed by atoms with Crippen molar-refractivity contribution in [3.8, 4) is 5.75 Å². The van der Waals surface area contributed by atoms with Crippen LogP contribution in [0, 0.1) is 58.2 Å². The van der Waals surface area contributed by atoms with Crippen molar-refractivity contribution < 1.29 is 9.53 Å². The Labute approximate surface area is 262 Å². The summed E-state index contributed by atoms with van der Waals surface area (Å²) < 4.78 is 6.05. The molecule has 0 N–H and O–H groups in total. The molecule has 2 unspecified atom stereocenters. The third kappa shape index (κ3) is 6.11. The summed E-state index contributed by atoms with van der Waals surface area (Å²) in [5.74, 6) is 7.36. The zero-order chi connectivity index (χ0) is 30.2. The first-order chi connectivity index (χ1) is 20.7. The number of fused-ring (bicyclic) bond motifs is 5. The summed E-state index contributed by atoms with van der Waals surface area (Å²) in [6.07, 6.45) is 15.4. The van der Waals surface area contributed by atoms with Gasteiger partial charge >= 0.3 is 0 Å². The second-order valence-corrected chi connectivity index (χ2v) is 16.3. The maximum Gasteiger partial charge on any atom is 0.136 e. The van der Waals surface area contributed by atoms with Crippen LogP contribution in [-0.2, 0) is 17.8 Å². The Hall–Kier alpha value is -2.09. The van der Waals surface area contributed by atoms with E-state index in [1.54, 1.807) is 0 Å². The van der Waals surface area contributed by atoms with E-state index in [-0.39, 0.29) is 5.92 Å². The number of Topliss-reactive ketones (excluding diaryl/α,β-unsaturated/α-hetero) is 1. The third-order valence-electron chi connectivity index (χ3n) is 13.6. The van der Waals surface area contributed by atoms with Crippen LogP contribution in [-0.4, -0.2) is 5.78 Å². The molecule has 4 saturated carbocycles. The molecule has 0 aliphatic heterocycles. The van der Waals surface area contributed by atoms with Crippen molar-refractivity contribution in [3.05, 3.63) is 65.7 Å². The smallest absolute Gasteiger partial charge is 0.136 e. The van der Waals surface area contributed by atoms with E-state index in [1.165, 1.54) is 68.9 Å². The van der Waals surface area contributed by atoms with Crippen LogP contribution >= 0.6 is 0 Å². The zero-order valence-corrected chi connectivity index (χ0v) is 27.8. The molecule has 0 aromatic heterocycles. The van der Waals surface area contributed by atoms with Gasteiger partial charge in [-0.15, -0.1) is 0 Å². The third-order valence-corrected chi connectivity index (χ3v) is 13.6. The van der Waals surface area contributed by atoms with Crippen molar-refractivity contribution in [1.29, 1.82) is 0 Å². The molecule has 43 heavy (non-hydrogen) atoms. The van der Waals surface area contributed by atoms with Gasteiger partial charge < -0.3 is 4.74 Å². The quantitative estimate of drug-likeness (QED) is 0.278. The van der Waals surface area contributed by atoms with Gasteiger partial charge in [0.1, 0.15) is 18.1 Å². The first-order valence-corrected chi connectivity index (χ1v) is 18.0. The predicted molar refractivity (Wildman–Crippen MR) is 178 cm³/mol. The average molecular weight is 583 g/mol. The highest BCUT2D eigenvalue weighted by molar-refractivity contribution is 5.82. The summed E-state index contributed by atoms with van der Waals surface area (Å²) in [6, 6.07) is 19.0. The molecule has 0 spiro atoms. The largest absolute Gasteiger partial charge is 0.489 e. The fourth-order valence-corrected chi connectivity index (χ4v) is 11.3. The number of carbonyl (C=O) groups is 1. The first kappa shape index (κ1) is 30.9. The van der Waals surface area contributed by atoms with E-state index < -0.39 is 0 Å². The normalized spacial score (nSPS) is 36.1. The lowest BCUT2D eigenvalue weighted by molar-refractivity contribution is -0.152. The molecule has 0 bridgehead atoms. The number of benzene rings is 2. The molecule has 2 heteroatoms. The SMILES string of the molecule is CC(C)CCC[C@@H](C)[C@H]1CC[C@H]2[C@@H]3CCC4C(Cc5ccc(OCc6ccccc6)cc5)C(=O)CC[C@]4(C)[C@H]3CC[C@]12C. The van der Waals surface area contributed by atoms with Gasteiger partial charge in [-0.3, -0.25) is 4.79 Å². The van der Waals surface area contributed by atoms with Crippen LogP contribution in [0.3, 0.4) is 0 Å². The van der Waals surface area contributed by atoms with Gasteiger partial charge in [0.05, 0.1) is 0 Å². The topological polar surface area (TPSA) is 26.3 Å². The Morgan fingerprint density at radius 1 is 0.767 bits per heavy atom. The van der Waals surface area contributed by atoms with Crippen LogP contribution in [0.25, 0.3) is 0 Å². The Morgan fingerprint density at radius 2 is 1.49 bits per heavy atom. The summed E-state index contributed by atoms with van der Waals surface area (Å²) in [7, 11) is 0. The minimum Gasteiger partial charge on any atom is -0.489 e. The van der Waals surface area contributed by atoms with Gasteiger partial charge in [0.2, 0.25) is 0 Å². The fourth-order valence-electron chi connectivity index (χ4n) is 11.3. The van der Waals surface area contributed by atoms with E-state index in [0.29, 0.717) is 29.1 Å². The van der Waals surface area contributed by atoms with Crippen LogP contribution in [0.1, 0.15) is 116 Å². The molecule has 2 nitrogen and oxygen atoms in total. The van der Waals surface area contributed by atoms with Gasteiger partial charge in [0.25, 0.3) is 0 Å². The lowest BCUT2D eigenvalue weighted by atomic mass is 9.43. The molecule has 234 valence electrons. The summed E-state index contributed by atoms with van der Waals surface area (Å²) in [5, 5.41) is 0. The van der Waals surface area contributed by atoms with Crippen molar-refractivity contribution >= 4 is 5.78 Å². The molecule has 4 aliphatic carbocycles. The summed E-state index contributed by atoms with van der Waals surface area (Å²) in [6.45, 7) is 13.2. The Balaban J connectivity index is 1.11. The van der Waals surface area contributed by atoms with Crippen LogP contribution in [0.2, 0.25) is 0 Å². The first-order valence-electron chi connectivity index (χ1n) is 18.0. The lowest BCUT2D eigenvalue weighted by Gasteiger charge is -2.62.